The second-order valence-corrected chi connectivity index (χ2v) is 18.8. The third-order valence-electron chi connectivity index (χ3n) is 14.3. The molecule has 0 N–H and O–H groups in total. The number of aryl methyl sites for hydroxylation is 1. The van der Waals surface area contributed by atoms with Crippen LogP contribution in [0.1, 0.15) is 17.5 Å². The van der Waals surface area contributed by atoms with Gasteiger partial charge >= 0.3 is 0 Å². The van der Waals surface area contributed by atoms with Gasteiger partial charge in [-0.05, 0) is 137 Å². The van der Waals surface area contributed by atoms with Gasteiger partial charge in [0.25, 0.3) is 0 Å². The van der Waals surface area contributed by atoms with Gasteiger partial charge in [0, 0.05) is 36.6 Å². The van der Waals surface area contributed by atoms with Crippen LogP contribution in [0.5, 0.6) is 0 Å². The Kier molecular flexibility index (Phi) is 8.35. The first-order valence-corrected chi connectivity index (χ1v) is 23.9. The van der Waals surface area contributed by atoms with Crippen molar-refractivity contribution in [3.05, 3.63) is 230 Å². The highest BCUT2D eigenvalue weighted by molar-refractivity contribution is 7.26. The van der Waals surface area contributed by atoms with Crippen LogP contribution in [0.2, 0.25) is 0 Å². The Hall–Kier alpha value is -8.04. The van der Waals surface area contributed by atoms with Gasteiger partial charge in [-0.15, -0.1) is 11.3 Å². The third-order valence-corrected chi connectivity index (χ3v) is 15.5. The van der Waals surface area contributed by atoms with Crippen LogP contribution in [0.4, 0.5) is 0 Å². The zero-order chi connectivity index (χ0) is 43.3. The third kappa shape index (κ3) is 5.65. The summed E-state index contributed by atoms with van der Waals surface area (Å²) in [4.78, 5) is 0. The van der Waals surface area contributed by atoms with Gasteiger partial charge in [-0.25, -0.2) is 0 Å². The van der Waals surface area contributed by atoms with Crippen molar-refractivity contribution in [1.82, 2.24) is 4.57 Å². The summed E-state index contributed by atoms with van der Waals surface area (Å²) in [6.07, 6.45) is 6.79. The largest absolute Gasteiger partial charge is 0.309 e. The van der Waals surface area contributed by atoms with Crippen LogP contribution >= 0.6 is 11.3 Å². The lowest BCUT2D eigenvalue weighted by atomic mass is 9.86. The molecule has 11 aromatic carbocycles. The lowest BCUT2D eigenvalue weighted by molar-refractivity contribution is 0.997. The maximum atomic E-state index is 2.44. The number of rotatable bonds is 5. The zero-order valence-electron chi connectivity index (χ0n) is 36.1. The normalized spacial score (nSPS) is 12.7. The molecule has 0 fully saturated rings. The molecule has 1 nitrogen and oxygen atoms in total. The van der Waals surface area contributed by atoms with Crippen molar-refractivity contribution in [3.63, 3.8) is 0 Å². The minimum absolute atomic E-state index is 1.10. The van der Waals surface area contributed by atoms with E-state index < -0.39 is 0 Å². The van der Waals surface area contributed by atoms with E-state index in [4.69, 9.17) is 0 Å². The Bertz CT molecular complexity index is 4090. The smallest absolute Gasteiger partial charge is 0.0541 e. The second-order valence-electron chi connectivity index (χ2n) is 17.8. The van der Waals surface area contributed by atoms with Crippen molar-refractivity contribution in [3.8, 4) is 50.2 Å². The average molecular weight is 856 g/mol. The van der Waals surface area contributed by atoms with Gasteiger partial charge in [-0.2, -0.15) is 0 Å². The predicted octanol–water partition coefficient (Wildman–Crippen LogP) is 18.2. The highest BCUT2D eigenvalue weighted by atomic mass is 32.1. The highest BCUT2D eigenvalue weighted by Crippen LogP contribution is 2.47. The Morgan fingerprint density at radius 2 is 0.879 bits per heavy atom. The molecule has 2 heteroatoms. The monoisotopic (exact) mass is 855 g/mol. The Balaban J connectivity index is 0.888. The first-order valence-electron chi connectivity index (χ1n) is 23.1. The molecule has 1 aliphatic rings. The van der Waals surface area contributed by atoms with Crippen LogP contribution in [-0.2, 0) is 6.42 Å². The number of fused-ring (bicyclic) bond motifs is 11. The maximum Gasteiger partial charge on any atom is 0.0541 e. The number of thiophene rings is 1. The van der Waals surface area contributed by atoms with Crippen LogP contribution in [0, 0.1) is 0 Å². The number of nitrogens with zero attached hydrogens (tertiary/aromatic N) is 1. The molecule has 0 bridgehead atoms. The standard InChI is InChI=1S/C64H41NS/c1-2-15-42(16-3-1)61-51-19-6-8-21-53(51)62(54-22-9-7-20-52(54)61)43-32-35-46(36-33-43)65-59-27-11-10-18-50(59)58-39-45(34-37-60(58)65)49-24-13-26-56-55-25-12-23-48(63(55)66-64(49)56)44-31-30-41-29-28-40-14-4-5-17-47(40)57(41)38-44/h1-4,6-16,18-39H,5,17H2. The van der Waals surface area contributed by atoms with Gasteiger partial charge in [0.05, 0.1) is 11.0 Å². The maximum absolute atomic E-state index is 2.44. The SMILES string of the molecule is C1=Cc2ccc3ccc(-c4cccc5c4sc4c(-c6ccc7c(c6)c6ccccc6n7-c6ccc(-c7c8ccccc8c(-c8ccccc8)c8ccccc78)cc6)cccc45)cc3c2CC1. The lowest BCUT2D eigenvalue weighted by Crippen LogP contribution is -1.95. The molecule has 13 aromatic rings. The molecule has 0 amide bonds. The average Bonchev–Trinajstić information content (AvgIpc) is 3.94. The molecule has 308 valence electrons. The number of aromatic nitrogens is 1. The lowest BCUT2D eigenvalue weighted by Gasteiger charge is -2.18. The zero-order valence-corrected chi connectivity index (χ0v) is 36.9. The summed E-state index contributed by atoms with van der Waals surface area (Å²) in [7, 11) is 0. The van der Waals surface area contributed by atoms with E-state index in [0.717, 1.165) is 18.5 Å². The first kappa shape index (κ1) is 37.3. The number of hydrogen-bond donors (Lipinski definition) is 0. The van der Waals surface area contributed by atoms with Gasteiger partial charge in [0.15, 0.2) is 0 Å². The molecule has 66 heavy (non-hydrogen) atoms. The van der Waals surface area contributed by atoms with Crippen molar-refractivity contribution in [2.24, 2.45) is 0 Å². The van der Waals surface area contributed by atoms with E-state index in [1.54, 1.807) is 0 Å². The Labute approximate surface area is 386 Å². The van der Waals surface area contributed by atoms with E-state index >= 15 is 0 Å². The fourth-order valence-electron chi connectivity index (χ4n) is 11.3. The van der Waals surface area contributed by atoms with Crippen LogP contribution in [0.3, 0.4) is 0 Å². The van der Waals surface area contributed by atoms with E-state index in [1.165, 1.54) is 130 Å². The minimum atomic E-state index is 1.10. The van der Waals surface area contributed by atoms with E-state index in [-0.39, 0.29) is 0 Å². The number of allylic oxidation sites excluding steroid dienone is 1. The predicted molar refractivity (Wildman–Crippen MR) is 285 cm³/mol. The second kappa shape index (κ2) is 14.8. The summed E-state index contributed by atoms with van der Waals surface area (Å²) < 4.78 is 5.12. The topological polar surface area (TPSA) is 4.93 Å². The molecule has 2 aromatic heterocycles. The van der Waals surface area contributed by atoms with Gasteiger partial charge in [-0.1, -0.05) is 188 Å². The summed E-state index contributed by atoms with van der Waals surface area (Å²) in [6, 6.07) is 79.2. The van der Waals surface area contributed by atoms with Crippen LogP contribution in [0.25, 0.3) is 131 Å². The van der Waals surface area contributed by atoms with E-state index in [1.807, 2.05) is 11.3 Å². The summed E-state index contributed by atoms with van der Waals surface area (Å²) in [6.45, 7) is 0. The summed E-state index contributed by atoms with van der Waals surface area (Å²) in [5.74, 6) is 0. The van der Waals surface area contributed by atoms with Crippen LogP contribution < -0.4 is 0 Å². The molecular formula is C64H41NS. The van der Waals surface area contributed by atoms with Crippen molar-refractivity contribution < 1.29 is 0 Å². The van der Waals surface area contributed by atoms with Gasteiger partial charge in [0.1, 0.15) is 0 Å². The number of benzene rings is 11. The van der Waals surface area contributed by atoms with Crippen molar-refractivity contribution >= 4 is 91.7 Å². The van der Waals surface area contributed by atoms with E-state index in [2.05, 4.69) is 229 Å². The van der Waals surface area contributed by atoms with Gasteiger partial charge in [0.2, 0.25) is 0 Å². The molecule has 0 atom stereocenters. The fourth-order valence-corrected chi connectivity index (χ4v) is 12.6. The first-order chi connectivity index (χ1) is 32.7. The number of hydrogen-bond acceptors (Lipinski definition) is 1. The van der Waals surface area contributed by atoms with Gasteiger partial charge in [-0.3, -0.25) is 0 Å². The molecule has 2 heterocycles. The summed E-state index contributed by atoms with van der Waals surface area (Å²) in [5.41, 5.74) is 16.5. The quantitative estimate of drug-likeness (QED) is 0.152. The van der Waals surface area contributed by atoms with E-state index in [0.29, 0.717) is 0 Å². The molecule has 0 saturated carbocycles. The molecule has 0 radical (unpaired) electrons. The molecule has 0 aliphatic heterocycles. The van der Waals surface area contributed by atoms with E-state index in [9.17, 15) is 0 Å². The molecule has 0 saturated heterocycles. The highest BCUT2D eigenvalue weighted by Gasteiger charge is 2.20. The number of para-hydroxylation sites is 1. The molecule has 0 spiro atoms. The van der Waals surface area contributed by atoms with Crippen LogP contribution in [0.15, 0.2) is 218 Å². The summed E-state index contributed by atoms with van der Waals surface area (Å²) >= 11 is 1.93. The molecule has 0 unspecified atom stereocenters. The molecule has 14 rings (SSSR count). The fraction of sp³-hybridized carbons (Fsp3) is 0.0312. The van der Waals surface area contributed by atoms with Crippen LogP contribution in [-0.4, -0.2) is 4.57 Å². The molecular weight excluding hydrogens is 815 g/mol. The van der Waals surface area contributed by atoms with Crippen molar-refractivity contribution in [1.29, 1.82) is 0 Å². The molecule has 1 aliphatic carbocycles. The summed E-state index contributed by atoms with van der Waals surface area (Å²) in [5, 5.41) is 12.9. The minimum Gasteiger partial charge on any atom is -0.309 e. The van der Waals surface area contributed by atoms with Crippen molar-refractivity contribution in [2.75, 3.05) is 0 Å². The van der Waals surface area contributed by atoms with Gasteiger partial charge < -0.3 is 4.57 Å². The van der Waals surface area contributed by atoms with Crippen molar-refractivity contribution in [2.45, 2.75) is 12.8 Å². The Morgan fingerprint density at radius 3 is 1.55 bits per heavy atom. The Morgan fingerprint density at radius 1 is 0.364 bits per heavy atom.